The van der Waals surface area contributed by atoms with Gasteiger partial charge in [-0.15, -0.1) is 11.3 Å². The quantitative estimate of drug-likeness (QED) is 0.784. The van der Waals surface area contributed by atoms with Gasteiger partial charge in [-0.1, -0.05) is 20.8 Å². The van der Waals surface area contributed by atoms with Crippen LogP contribution in [0.1, 0.15) is 49.9 Å². The Balaban J connectivity index is 1.27. The van der Waals surface area contributed by atoms with E-state index in [1.165, 1.54) is 17.7 Å². The van der Waals surface area contributed by atoms with Crippen LogP contribution in [0.25, 0.3) is 0 Å². The molecule has 1 N–H and O–H groups in total. The van der Waals surface area contributed by atoms with E-state index in [2.05, 4.69) is 41.1 Å². The Morgan fingerprint density at radius 2 is 1.84 bits per heavy atom. The molecule has 31 heavy (non-hydrogen) atoms. The first-order valence-corrected chi connectivity index (χ1v) is 12.0. The smallest absolute Gasteiger partial charge is 0.322 e. The summed E-state index contributed by atoms with van der Waals surface area (Å²) < 4.78 is 1.56. The number of urea groups is 1. The van der Waals surface area contributed by atoms with Crippen molar-refractivity contribution in [3.05, 3.63) is 38.8 Å². The molecule has 2 aromatic heterocycles. The maximum atomic E-state index is 12.6. The van der Waals surface area contributed by atoms with Crippen molar-refractivity contribution >= 4 is 22.5 Å². The second-order valence-corrected chi connectivity index (χ2v) is 10.5. The van der Waals surface area contributed by atoms with Gasteiger partial charge in [0.15, 0.2) is 5.13 Å². The highest BCUT2D eigenvalue weighted by Gasteiger charge is 2.23. The molecule has 4 rings (SSSR count). The van der Waals surface area contributed by atoms with E-state index >= 15 is 0 Å². The summed E-state index contributed by atoms with van der Waals surface area (Å²) in [6.45, 7) is 10.5. The molecule has 0 unspecified atom stereocenters. The molecular weight excluding hydrogens is 412 g/mol. The molecule has 1 saturated heterocycles. The van der Waals surface area contributed by atoms with Crippen LogP contribution >= 0.6 is 11.3 Å². The predicted octanol–water partition coefficient (Wildman–Crippen LogP) is 2.73. The minimum atomic E-state index is -0.0921. The van der Waals surface area contributed by atoms with Crippen LogP contribution in [0, 0.1) is 0 Å². The van der Waals surface area contributed by atoms with Gasteiger partial charge in [-0.25, -0.2) is 14.5 Å². The molecule has 0 saturated carbocycles. The average Bonchev–Trinajstić information content (AvgIpc) is 3.15. The summed E-state index contributed by atoms with van der Waals surface area (Å²) in [5.74, 6) is 0. The van der Waals surface area contributed by atoms with Gasteiger partial charge in [0.2, 0.25) is 0 Å². The van der Waals surface area contributed by atoms with Gasteiger partial charge in [0.25, 0.3) is 5.56 Å². The summed E-state index contributed by atoms with van der Waals surface area (Å²) in [7, 11) is 0. The van der Waals surface area contributed by atoms with Crippen LogP contribution in [-0.4, -0.2) is 63.3 Å². The number of carbonyl (C=O) groups is 1. The Morgan fingerprint density at radius 1 is 1.10 bits per heavy atom. The van der Waals surface area contributed by atoms with Gasteiger partial charge in [0.1, 0.15) is 0 Å². The number of fused-ring (bicyclic) bond motifs is 1. The van der Waals surface area contributed by atoms with E-state index in [0.717, 1.165) is 49.0 Å². The SMILES string of the molecule is CC(C)(C)c1ccc(=O)n(CCN2CCN(C(=O)Nc3nc4c(s3)CCCC4)CC2)n1. The minimum Gasteiger partial charge on any atom is -0.322 e. The summed E-state index contributed by atoms with van der Waals surface area (Å²) in [4.78, 5) is 34.9. The fourth-order valence-electron chi connectivity index (χ4n) is 4.00. The van der Waals surface area contributed by atoms with Gasteiger partial charge in [-0.05, 0) is 31.7 Å². The van der Waals surface area contributed by atoms with Crippen LogP contribution in [0.4, 0.5) is 9.93 Å². The third-order valence-electron chi connectivity index (χ3n) is 5.98. The average molecular weight is 445 g/mol. The zero-order chi connectivity index (χ0) is 22.0. The van der Waals surface area contributed by atoms with E-state index in [9.17, 15) is 9.59 Å². The van der Waals surface area contributed by atoms with Gasteiger partial charge in [0.05, 0.1) is 17.9 Å². The maximum absolute atomic E-state index is 12.6. The fraction of sp³-hybridized carbons (Fsp3) is 0.636. The molecule has 2 amide bonds. The predicted molar refractivity (Wildman–Crippen MR) is 123 cm³/mol. The molecule has 2 aliphatic rings. The zero-order valence-electron chi connectivity index (χ0n) is 18.7. The number of anilines is 1. The Morgan fingerprint density at radius 3 is 2.55 bits per heavy atom. The van der Waals surface area contributed by atoms with Crippen LogP contribution in [0.15, 0.2) is 16.9 Å². The zero-order valence-corrected chi connectivity index (χ0v) is 19.5. The van der Waals surface area contributed by atoms with Crippen LogP contribution in [0.5, 0.6) is 0 Å². The molecule has 0 spiro atoms. The molecule has 1 fully saturated rings. The molecule has 8 nitrogen and oxygen atoms in total. The number of nitrogens with one attached hydrogen (secondary N) is 1. The van der Waals surface area contributed by atoms with Crippen LogP contribution in [-0.2, 0) is 24.8 Å². The second kappa shape index (κ2) is 9.08. The van der Waals surface area contributed by atoms with Gasteiger partial charge < -0.3 is 4.90 Å². The number of amides is 2. The fourth-order valence-corrected chi connectivity index (χ4v) is 5.04. The van der Waals surface area contributed by atoms with Crippen LogP contribution < -0.4 is 10.9 Å². The molecule has 0 atom stereocenters. The minimum absolute atomic E-state index is 0.0680. The van der Waals surface area contributed by atoms with Crippen molar-refractivity contribution in [1.82, 2.24) is 24.6 Å². The number of thiazole rings is 1. The van der Waals surface area contributed by atoms with E-state index in [4.69, 9.17) is 0 Å². The summed E-state index contributed by atoms with van der Waals surface area (Å²) in [5.41, 5.74) is 1.91. The van der Waals surface area contributed by atoms with E-state index in [1.807, 2.05) is 11.0 Å². The number of aryl methyl sites for hydroxylation is 2. The van der Waals surface area contributed by atoms with E-state index in [1.54, 1.807) is 22.1 Å². The largest absolute Gasteiger partial charge is 0.323 e. The van der Waals surface area contributed by atoms with Gasteiger partial charge in [-0.3, -0.25) is 15.0 Å². The van der Waals surface area contributed by atoms with Crippen molar-refractivity contribution in [1.29, 1.82) is 0 Å². The molecule has 1 aliphatic heterocycles. The monoisotopic (exact) mass is 444 g/mol. The Hall–Kier alpha value is -2.26. The standard InChI is InChI=1S/C22H32N6O2S/c1-22(2,3)18-8-9-19(29)28(25-18)15-12-26-10-13-27(14-11-26)21(30)24-20-23-16-6-4-5-7-17(16)31-20/h8-9H,4-7,10-15H2,1-3H3,(H,23,24,30). The first-order valence-electron chi connectivity index (χ1n) is 11.1. The molecule has 1 aliphatic carbocycles. The maximum Gasteiger partial charge on any atom is 0.323 e. The van der Waals surface area contributed by atoms with Crippen molar-refractivity contribution in [2.45, 2.75) is 58.4 Å². The molecule has 0 radical (unpaired) electrons. The molecule has 168 valence electrons. The van der Waals surface area contributed by atoms with Crippen molar-refractivity contribution in [3.63, 3.8) is 0 Å². The third kappa shape index (κ3) is 5.33. The summed E-state index contributed by atoms with van der Waals surface area (Å²) in [5, 5.41) is 8.26. The first-order chi connectivity index (χ1) is 14.8. The molecule has 9 heteroatoms. The van der Waals surface area contributed by atoms with Gasteiger partial charge >= 0.3 is 6.03 Å². The lowest BCUT2D eigenvalue weighted by Crippen LogP contribution is -2.50. The normalized spacial score (nSPS) is 17.5. The third-order valence-corrected chi connectivity index (χ3v) is 7.05. The lowest BCUT2D eigenvalue weighted by molar-refractivity contribution is 0.143. The number of piperazine rings is 1. The topological polar surface area (TPSA) is 83.4 Å². The van der Waals surface area contributed by atoms with Gasteiger partial charge in [0, 0.05) is 49.1 Å². The van der Waals surface area contributed by atoms with Gasteiger partial charge in [-0.2, -0.15) is 5.10 Å². The summed E-state index contributed by atoms with van der Waals surface area (Å²) in [6.07, 6.45) is 4.51. The van der Waals surface area contributed by atoms with Crippen molar-refractivity contribution < 1.29 is 4.79 Å². The van der Waals surface area contributed by atoms with Crippen molar-refractivity contribution in [2.24, 2.45) is 0 Å². The number of hydrogen-bond donors (Lipinski definition) is 1. The van der Waals surface area contributed by atoms with E-state index in [0.29, 0.717) is 19.6 Å². The molecular formula is C22H32N6O2S. The summed E-state index contributed by atoms with van der Waals surface area (Å²) in [6, 6.07) is 3.35. The lowest BCUT2D eigenvalue weighted by atomic mass is 9.92. The Kier molecular flexibility index (Phi) is 6.43. The second-order valence-electron chi connectivity index (χ2n) is 9.38. The number of aromatic nitrogens is 3. The van der Waals surface area contributed by atoms with Crippen molar-refractivity contribution in [2.75, 3.05) is 38.0 Å². The number of nitrogens with zero attached hydrogens (tertiary/aromatic N) is 5. The Labute approximate surface area is 187 Å². The molecule has 0 aromatic carbocycles. The first kappa shape index (κ1) is 22.0. The lowest BCUT2D eigenvalue weighted by Gasteiger charge is -2.34. The molecule has 2 aromatic rings. The van der Waals surface area contributed by atoms with E-state index < -0.39 is 0 Å². The number of rotatable bonds is 4. The number of hydrogen-bond acceptors (Lipinski definition) is 6. The highest BCUT2D eigenvalue weighted by atomic mass is 32.1. The summed E-state index contributed by atoms with van der Waals surface area (Å²) >= 11 is 1.62. The molecule has 0 bridgehead atoms. The van der Waals surface area contributed by atoms with Crippen LogP contribution in [0.2, 0.25) is 0 Å². The highest BCUT2D eigenvalue weighted by molar-refractivity contribution is 7.15. The Bertz CT molecular complexity index is 961. The number of carbonyl (C=O) groups excluding carboxylic acids is 1. The van der Waals surface area contributed by atoms with E-state index in [-0.39, 0.29) is 17.0 Å². The van der Waals surface area contributed by atoms with Crippen LogP contribution in [0.3, 0.4) is 0 Å². The molecule has 3 heterocycles. The highest BCUT2D eigenvalue weighted by Crippen LogP contribution is 2.29. The van der Waals surface area contributed by atoms with Crippen molar-refractivity contribution in [3.8, 4) is 0 Å².